The van der Waals surface area contributed by atoms with Gasteiger partial charge >= 0.3 is 6.18 Å². The summed E-state index contributed by atoms with van der Waals surface area (Å²) >= 11 is 0. The first-order valence-electron chi connectivity index (χ1n) is 14.9. The van der Waals surface area contributed by atoms with E-state index in [0.717, 1.165) is 42.7 Å². The maximum atomic E-state index is 14.5. The monoisotopic (exact) mass is 649 g/mol. The third-order valence-electron chi connectivity index (χ3n) is 6.91. The molecule has 0 fully saturated rings. The number of carbonyl (C=O) groups excluding carboxylic acids is 1. The van der Waals surface area contributed by atoms with Crippen LogP contribution in [-0.2, 0) is 28.7 Å². The van der Waals surface area contributed by atoms with Gasteiger partial charge in [-0.25, -0.2) is 13.2 Å². The highest BCUT2D eigenvalue weighted by Gasteiger charge is 2.37. The molecule has 4 aromatic rings. The van der Waals surface area contributed by atoms with Crippen molar-refractivity contribution < 1.29 is 35.6 Å². The van der Waals surface area contributed by atoms with Crippen LogP contribution in [0.3, 0.4) is 0 Å². The minimum atomic E-state index is -4.27. The van der Waals surface area contributed by atoms with Crippen molar-refractivity contribution in [2.24, 2.45) is 5.73 Å². The summed E-state index contributed by atoms with van der Waals surface area (Å²) in [5.74, 6) is -4.68. The molecule has 0 bridgehead atoms. The lowest BCUT2D eigenvalue weighted by Gasteiger charge is -2.22. The van der Waals surface area contributed by atoms with Crippen molar-refractivity contribution in [3.63, 3.8) is 0 Å². The van der Waals surface area contributed by atoms with Gasteiger partial charge in [-0.15, -0.1) is 10.2 Å². The number of halogens is 6. The molecule has 0 aliphatic rings. The summed E-state index contributed by atoms with van der Waals surface area (Å²) in [7, 11) is 0. The molecule has 0 radical (unpaired) electrons. The fourth-order valence-corrected chi connectivity index (χ4v) is 4.19. The number of hydrogen-bond donors (Lipinski definition) is 1. The number of ketones is 1. The van der Waals surface area contributed by atoms with Gasteiger partial charge in [0.2, 0.25) is 5.89 Å². The average molecular weight is 650 g/mol. The van der Waals surface area contributed by atoms with E-state index in [9.17, 15) is 31.1 Å². The Bertz CT molecular complexity index is 1570. The molecule has 46 heavy (non-hydrogen) atoms. The van der Waals surface area contributed by atoms with Crippen LogP contribution in [0.5, 0.6) is 0 Å². The van der Waals surface area contributed by atoms with Gasteiger partial charge in [-0.2, -0.15) is 13.2 Å². The molecule has 0 saturated heterocycles. The van der Waals surface area contributed by atoms with E-state index in [-0.39, 0.29) is 17.0 Å². The number of rotatable bonds is 7. The van der Waals surface area contributed by atoms with E-state index < -0.39 is 52.7 Å². The zero-order valence-electron chi connectivity index (χ0n) is 27.3. The lowest BCUT2D eigenvalue weighted by atomic mass is 9.94. The first-order valence-corrected chi connectivity index (χ1v) is 14.9. The number of benzene rings is 3. The third-order valence-corrected chi connectivity index (χ3v) is 6.91. The van der Waals surface area contributed by atoms with Gasteiger partial charge in [-0.3, -0.25) is 4.79 Å². The highest BCUT2D eigenvalue weighted by Crippen LogP contribution is 2.38. The molecule has 0 aliphatic carbocycles. The van der Waals surface area contributed by atoms with Gasteiger partial charge in [0.05, 0.1) is 17.2 Å². The summed E-state index contributed by atoms with van der Waals surface area (Å²) in [6, 6.07) is 13.7. The van der Waals surface area contributed by atoms with Crippen LogP contribution in [-0.4, -0.2) is 22.0 Å². The van der Waals surface area contributed by atoms with Crippen LogP contribution in [0.2, 0.25) is 0 Å². The molecule has 5 nitrogen and oxygen atoms in total. The van der Waals surface area contributed by atoms with Crippen molar-refractivity contribution in [2.45, 2.75) is 91.8 Å². The van der Waals surface area contributed by atoms with E-state index in [1.54, 1.807) is 0 Å². The summed E-state index contributed by atoms with van der Waals surface area (Å²) in [6.45, 7) is 14.2. The van der Waals surface area contributed by atoms with Gasteiger partial charge in [0.15, 0.2) is 0 Å². The van der Waals surface area contributed by atoms with Crippen molar-refractivity contribution >= 4 is 5.78 Å². The predicted octanol–water partition coefficient (Wildman–Crippen LogP) is 9.84. The van der Waals surface area contributed by atoms with Crippen LogP contribution in [0.25, 0.3) is 22.6 Å². The molecule has 1 heterocycles. The Morgan fingerprint density at radius 3 is 1.85 bits per heavy atom. The number of Topliss-reactive ketones (excluding diaryl/α,β-unsaturated/α-hetero) is 1. The maximum Gasteiger partial charge on any atom is 0.416 e. The summed E-state index contributed by atoms with van der Waals surface area (Å²) in [5, 5.41) is 7.69. The largest absolute Gasteiger partial charge is 0.420 e. The molecule has 3 aromatic carbocycles. The lowest BCUT2D eigenvalue weighted by Crippen LogP contribution is -2.34. The Morgan fingerprint density at radius 2 is 1.41 bits per heavy atom. The summed E-state index contributed by atoms with van der Waals surface area (Å²) in [4.78, 5) is 11.2. The molecule has 0 amide bonds. The predicted molar refractivity (Wildman–Crippen MR) is 168 cm³/mol. The van der Waals surface area contributed by atoms with Gasteiger partial charge in [-0.1, -0.05) is 77.9 Å². The maximum absolute atomic E-state index is 14.5. The molecule has 4 rings (SSSR count). The summed E-state index contributed by atoms with van der Waals surface area (Å²) in [5.41, 5.74) is 6.90. The van der Waals surface area contributed by atoms with Gasteiger partial charge in [0.1, 0.15) is 11.6 Å². The van der Waals surface area contributed by atoms with E-state index in [1.807, 2.05) is 58.9 Å². The SMILES string of the molecule is CC.CC(=O)[C@@H](N)CC(F)(F)c1cc(F)c(-c2nnc(C(C)(C)C)o2)cc1C.CCc1ccc(-c2ccc(C(F)(F)F)cc2)cc1. The molecule has 0 aliphatic heterocycles. The number of hydrogen-bond acceptors (Lipinski definition) is 5. The number of nitrogens with zero attached hydrogens (tertiary/aromatic N) is 2. The fourth-order valence-electron chi connectivity index (χ4n) is 4.19. The molecule has 1 aromatic heterocycles. The van der Waals surface area contributed by atoms with Crippen LogP contribution in [0.4, 0.5) is 26.3 Å². The van der Waals surface area contributed by atoms with Gasteiger partial charge in [0, 0.05) is 17.4 Å². The Labute approximate surface area is 266 Å². The van der Waals surface area contributed by atoms with Crippen LogP contribution in [0.1, 0.15) is 83.0 Å². The Hall–Kier alpha value is -3.99. The lowest BCUT2D eigenvalue weighted by molar-refractivity contribution is -0.137. The normalized spacial score (nSPS) is 12.4. The van der Waals surface area contributed by atoms with Crippen LogP contribution in [0, 0.1) is 12.7 Å². The second kappa shape index (κ2) is 15.5. The summed E-state index contributed by atoms with van der Waals surface area (Å²) in [6.07, 6.45) is -4.21. The van der Waals surface area contributed by atoms with Gasteiger partial charge in [-0.05, 0) is 66.8 Å². The van der Waals surface area contributed by atoms with Gasteiger partial charge in [0.25, 0.3) is 11.8 Å². The molecule has 250 valence electrons. The van der Waals surface area contributed by atoms with Crippen molar-refractivity contribution in [1.82, 2.24) is 10.2 Å². The molecular formula is C35H41F6N3O2. The topological polar surface area (TPSA) is 82.0 Å². The number of alkyl halides is 5. The second-order valence-corrected chi connectivity index (χ2v) is 11.6. The highest BCUT2D eigenvalue weighted by atomic mass is 19.4. The van der Waals surface area contributed by atoms with Crippen molar-refractivity contribution in [3.05, 3.63) is 94.6 Å². The molecule has 0 unspecified atom stereocenters. The Morgan fingerprint density at radius 1 is 0.891 bits per heavy atom. The van der Waals surface area contributed by atoms with Gasteiger partial charge < -0.3 is 10.2 Å². The van der Waals surface area contributed by atoms with Crippen molar-refractivity contribution in [2.75, 3.05) is 0 Å². The van der Waals surface area contributed by atoms with Crippen LogP contribution >= 0.6 is 0 Å². The number of aryl methyl sites for hydroxylation is 2. The Balaban J connectivity index is 0.000000321. The number of carbonyl (C=O) groups is 1. The Kier molecular flexibility index (Phi) is 12.9. The van der Waals surface area contributed by atoms with E-state index in [0.29, 0.717) is 5.89 Å². The highest BCUT2D eigenvalue weighted by molar-refractivity contribution is 5.81. The zero-order chi connectivity index (χ0) is 35.0. The van der Waals surface area contributed by atoms with E-state index in [4.69, 9.17) is 10.2 Å². The van der Waals surface area contributed by atoms with Crippen LogP contribution in [0.15, 0.2) is 65.1 Å². The van der Waals surface area contributed by atoms with Crippen LogP contribution < -0.4 is 5.73 Å². The zero-order valence-corrected chi connectivity index (χ0v) is 27.3. The van der Waals surface area contributed by atoms with E-state index in [2.05, 4.69) is 17.1 Å². The van der Waals surface area contributed by atoms with Crippen molar-refractivity contribution in [3.8, 4) is 22.6 Å². The number of nitrogens with two attached hydrogens (primary N) is 1. The number of aromatic nitrogens is 2. The first-order chi connectivity index (χ1) is 21.3. The smallest absolute Gasteiger partial charge is 0.416 e. The van der Waals surface area contributed by atoms with Crippen molar-refractivity contribution in [1.29, 1.82) is 0 Å². The minimum absolute atomic E-state index is 0.0547. The fraction of sp³-hybridized carbons (Fsp3) is 0.400. The average Bonchev–Trinajstić information content (AvgIpc) is 3.50. The second-order valence-electron chi connectivity index (χ2n) is 11.6. The molecule has 0 saturated carbocycles. The molecular weight excluding hydrogens is 608 g/mol. The molecule has 0 spiro atoms. The summed E-state index contributed by atoms with van der Waals surface area (Å²) < 4.78 is 86.1. The standard InChI is InChI=1S/C18H22F3N3O2.C15H13F3.C2H6/c1-9-6-11(15-23-24-16(26-15)17(3,4)5)13(19)7-12(9)18(20,21)8-14(22)10(2)25;1-2-11-3-5-12(6-4-11)13-7-9-14(10-8-13)15(16,17)18;1-2/h6-7,14H,8,22H2,1-5H3;3-10H,2H2,1H3;1-2H3/t14-;;/m0../s1. The molecule has 11 heteroatoms. The molecule has 2 N–H and O–H groups in total. The van der Waals surface area contributed by atoms with E-state index >= 15 is 0 Å². The third kappa shape index (κ3) is 10.0. The first kappa shape index (κ1) is 38.2. The van der Waals surface area contributed by atoms with E-state index in [1.165, 1.54) is 30.7 Å². The molecule has 1 atom stereocenters. The quantitative estimate of drug-likeness (QED) is 0.202. The minimum Gasteiger partial charge on any atom is -0.420 e.